The summed E-state index contributed by atoms with van der Waals surface area (Å²) in [7, 11) is 0. The molecule has 1 atom stereocenters. The molecule has 0 aliphatic carbocycles. The van der Waals surface area contributed by atoms with Gasteiger partial charge in [0.25, 0.3) is 0 Å². The molecule has 0 bridgehead atoms. The van der Waals surface area contributed by atoms with Gasteiger partial charge in [-0.15, -0.1) is 0 Å². The van der Waals surface area contributed by atoms with E-state index in [0.29, 0.717) is 0 Å². The molecule has 0 aromatic heterocycles. The number of rotatable bonds is 7. The maximum atomic E-state index is 10.5. The quantitative estimate of drug-likeness (QED) is 0.392. The number of unbranched alkanes of at least 4 members (excludes halogenated alkanes) is 4. The molecule has 2 nitrogen and oxygen atoms in total. The second kappa shape index (κ2) is 8.54. The maximum absolute atomic E-state index is 10.5. The molecule has 0 aliphatic rings. The Hall–Kier alpha value is -0.0500. The fraction of sp³-hybridized carbons (Fsp3) is 0.900. The zero-order chi connectivity index (χ0) is 10.1. The number of ether oxygens (including phenoxy) is 1. The van der Waals surface area contributed by atoms with E-state index in [4.69, 9.17) is 4.74 Å². The van der Waals surface area contributed by atoms with E-state index < -0.39 is 0 Å². The average Bonchev–Trinajstić information content (AvgIpc) is 2.02. The third kappa shape index (κ3) is 9.87. The van der Waals surface area contributed by atoms with Gasteiger partial charge in [-0.05, 0) is 28.8 Å². The lowest BCUT2D eigenvalue weighted by molar-refractivity contribution is -0.142. The van der Waals surface area contributed by atoms with E-state index >= 15 is 0 Å². The highest BCUT2D eigenvalue weighted by Crippen LogP contribution is 2.13. The Bertz CT molecular complexity index is 137. The van der Waals surface area contributed by atoms with Crippen LogP contribution in [0.15, 0.2) is 0 Å². The standard InChI is InChI=1S/C10H19BrO2/c1-3-4-5-6-7-8-10(11)13-9(2)12/h10H,3-8H2,1-2H3. The molecule has 0 radical (unpaired) electrons. The summed E-state index contributed by atoms with van der Waals surface area (Å²) in [5.74, 6) is -0.213. The number of hydrogen-bond donors (Lipinski definition) is 0. The molecule has 0 saturated heterocycles. The lowest BCUT2D eigenvalue weighted by Crippen LogP contribution is -2.08. The molecular formula is C10H19BrO2. The normalized spacial score (nSPS) is 12.5. The van der Waals surface area contributed by atoms with Crippen LogP contribution in [0.2, 0.25) is 0 Å². The van der Waals surface area contributed by atoms with Crippen LogP contribution >= 0.6 is 15.9 Å². The Labute approximate surface area is 89.2 Å². The summed E-state index contributed by atoms with van der Waals surface area (Å²) in [6.45, 7) is 3.64. The highest BCUT2D eigenvalue weighted by Gasteiger charge is 2.05. The van der Waals surface area contributed by atoms with Crippen LogP contribution in [-0.2, 0) is 9.53 Å². The summed E-state index contributed by atoms with van der Waals surface area (Å²) in [5.41, 5.74) is 0. The van der Waals surface area contributed by atoms with Gasteiger partial charge in [-0.1, -0.05) is 32.6 Å². The minimum atomic E-state index is -0.213. The number of halogens is 1. The van der Waals surface area contributed by atoms with Crippen LogP contribution in [0.4, 0.5) is 0 Å². The number of hydrogen-bond acceptors (Lipinski definition) is 2. The maximum Gasteiger partial charge on any atom is 0.303 e. The van der Waals surface area contributed by atoms with E-state index in [-0.39, 0.29) is 11.0 Å². The first-order valence-corrected chi connectivity index (χ1v) is 5.89. The Morgan fingerprint density at radius 3 is 2.46 bits per heavy atom. The highest BCUT2D eigenvalue weighted by molar-refractivity contribution is 9.09. The molecule has 0 N–H and O–H groups in total. The third-order valence-corrected chi connectivity index (χ3v) is 2.47. The van der Waals surface area contributed by atoms with Gasteiger partial charge in [0.2, 0.25) is 0 Å². The average molecular weight is 251 g/mol. The smallest absolute Gasteiger partial charge is 0.303 e. The van der Waals surface area contributed by atoms with Crippen molar-refractivity contribution in [2.24, 2.45) is 0 Å². The van der Waals surface area contributed by atoms with Crippen LogP contribution in [0.1, 0.15) is 52.4 Å². The topological polar surface area (TPSA) is 26.3 Å². The van der Waals surface area contributed by atoms with Crippen molar-refractivity contribution in [1.82, 2.24) is 0 Å². The van der Waals surface area contributed by atoms with Crippen molar-refractivity contribution in [3.05, 3.63) is 0 Å². The van der Waals surface area contributed by atoms with Crippen LogP contribution in [0.25, 0.3) is 0 Å². The Morgan fingerprint density at radius 2 is 1.92 bits per heavy atom. The van der Waals surface area contributed by atoms with Crippen LogP contribution < -0.4 is 0 Å². The molecule has 3 heteroatoms. The first kappa shape index (κ1) is 12.9. The molecular weight excluding hydrogens is 232 g/mol. The van der Waals surface area contributed by atoms with Gasteiger partial charge in [0, 0.05) is 6.92 Å². The molecule has 0 heterocycles. The van der Waals surface area contributed by atoms with Crippen molar-refractivity contribution in [2.75, 3.05) is 0 Å². The molecule has 0 aliphatic heterocycles. The predicted octanol–water partition coefficient (Wildman–Crippen LogP) is 3.63. The number of alkyl halides is 1. The monoisotopic (exact) mass is 250 g/mol. The van der Waals surface area contributed by atoms with E-state index in [1.54, 1.807) is 0 Å². The lowest BCUT2D eigenvalue weighted by Gasteiger charge is -2.09. The van der Waals surface area contributed by atoms with E-state index in [2.05, 4.69) is 22.9 Å². The Kier molecular flexibility index (Phi) is 8.51. The molecule has 0 fully saturated rings. The van der Waals surface area contributed by atoms with Crippen molar-refractivity contribution in [2.45, 2.75) is 57.4 Å². The predicted molar refractivity (Wildman–Crippen MR) is 57.9 cm³/mol. The van der Waals surface area contributed by atoms with Gasteiger partial charge in [0.15, 0.2) is 5.01 Å². The zero-order valence-electron chi connectivity index (χ0n) is 8.51. The highest BCUT2D eigenvalue weighted by atomic mass is 79.9. The summed E-state index contributed by atoms with van der Waals surface area (Å²) in [6.07, 6.45) is 7.14. The van der Waals surface area contributed by atoms with Crippen LogP contribution in [0, 0.1) is 0 Å². The molecule has 0 saturated carbocycles. The van der Waals surface area contributed by atoms with Crippen molar-refractivity contribution in [3.63, 3.8) is 0 Å². The van der Waals surface area contributed by atoms with Crippen LogP contribution in [0.3, 0.4) is 0 Å². The Balaban J connectivity index is 3.17. The largest absolute Gasteiger partial charge is 0.451 e. The van der Waals surface area contributed by atoms with Gasteiger partial charge in [-0.2, -0.15) is 0 Å². The van der Waals surface area contributed by atoms with E-state index in [1.165, 1.54) is 32.6 Å². The first-order chi connectivity index (χ1) is 6.16. The second-order valence-corrected chi connectivity index (χ2v) is 4.24. The second-order valence-electron chi connectivity index (χ2n) is 3.22. The molecule has 0 aromatic rings. The third-order valence-electron chi connectivity index (χ3n) is 1.83. The Morgan fingerprint density at radius 1 is 1.31 bits per heavy atom. The van der Waals surface area contributed by atoms with Crippen molar-refractivity contribution in [1.29, 1.82) is 0 Å². The number of carbonyl (C=O) groups is 1. The SMILES string of the molecule is CCCCCCCC(Br)OC(C)=O. The number of esters is 1. The summed E-state index contributed by atoms with van der Waals surface area (Å²) in [5, 5.41) is -0.0911. The van der Waals surface area contributed by atoms with Crippen molar-refractivity contribution < 1.29 is 9.53 Å². The van der Waals surface area contributed by atoms with E-state index in [1.807, 2.05) is 0 Å². The van der Waals surface area contributed by atoms with Gasteiger partial charge in [0.1, 0.15) is 0 Å². The van der Waals surface area contributed by atoms with Crippen molar-refractivity contribution >= 4 is 21.9 Å². The summed E-state index contributed by atoms with van der Waals surface area (Å²) >= 11 is 3.30. The molecule has 13 heavy (non-hydrogen) atoms. The lowest BCUT2D eigenvalue weighted by atomic mass is 10.1. The minimum Gasteiger partial charge on any atom is -0.451 e. The summed E-state index contributed by atoms with van der Waals surface area (Å²) in [4.78, 5) is 10.5. The van der Waals surface area contributed by atoms with Gasteiger partial charge < -0.3 is 4.74 Å². The number of carbonyl (C=O) groups excluding carboxylic acids is 1. The molecule has 0 spiro atoms. The fourth-order valence-electron chi connectivity index (χ4n) is 1.15. The van der Waals surface area contributed by atoms with Crippen LogP contribution in [-0.4, -0.2) is 11.0 Å². The first-order valence-electron chi connectivity index (χ1n) is 4.98. The molecule has 0 aromatic carbocycles. The molecule has 0 amide bonds. The summed E-state index contributed by atoms with van der Waals surface area (Å²) < 4.78 is 4.93. The van der Waals surface area contributed by atoms with Gasteiger partial charge >= 0.3 is 5.97 Å². The molecule has 0 rings (SSSR count). The molecule has 78 valence electrons. The minimum absolute atomic E-state index is 0.0911. The fourth-order valence-corrected chi connectivity index (χ4v) is 1.73. The summed E-state index contributed by atoms with van der Waals surface area (Å²) in [6, 6.07) is 0. The van der Waals surface area contributed by atoms with Gasteiger partial charge in [-0.3, -0.25) is 4.79 Å². The zero-order valence-corrected chi connectivity index (χ0v) is 10.1. The molecule has 1 unspecified atom stereocenters. The van der Waals surface area contributed by atoms with Gasteiger partial charge in [0.05, 0.1) is 0 Å². The van der Waals surface area contributed by atoms with Gasteiger partial charge in [-0.25, -0.2) is 0 Å². The van der Waals surface area contributed by atoms with E-state index in [9.17, 15) is 4.79 Å². The van der Waals surface area contributed by atoms with E-state index in [0.717, 1.165) is 12.8 Å². The van der Waals surface area contributed by atoms with Crippen molar-refractivity contribution in [3.8, 4) is 0 Å². The van der Waals surface area contributed by atoms with Crippen LogP contribution in [0.5, 0.6) is 0 Å².